The summed E-state index contributed by atoms with van der Waals surface area (Å²) < 4.78 is 27.9. The van der Waals surface area contributed by atoms with Gasteiger partial charge in [-0.1, -0.05) is 19.8 Å². The first-order chi connectivity index (χ1) is 16.5. The molecule has 10 heteroatoms. The number of hydrogen-bond donors (Lipinski definition) is 3. The molecule has 4 rings (SSSR count). The Morgan fingerprint density at radius 2 is 1.89 bits per heavy atom. The summed E-state index contributed by atoms with van der Waals surface area (Å²) in [6, 6.07) is 9.13. The van der Waals surface area contributed by atoms with Gasteiger partial charge < -0.3 is 10.6 Å². The maximum atomic E-state index is 13.2. The third-order valence-electron chi connectivity index (χ3n) is 7.68. The van der Waals surface area contributed by atoms with Crippen LogP contribution >= 0.6 is 0 Å². The summed E-state index contributed by atoms with van der Waals surface area (Å²) in [4.78, 5) is 13.2. The van der Waals surface area contributed by atoms with E-state index in [1.165, 1.54) is 4.31 Å². The van der Waals surface area contributed by atoms with E-state index >= 15 is 0 Å². The molecule has 0 radical (unpaired) electrons. The first kappa shape index (κ1) is 25.9. The van der Waals surface area contributed by atoms with Gasteiger partial charge in [0, 0.05) is 35.9 Å². The van der Waals surface area contributed by atoms with Gasteiger partial charge in [0.05, 0.1) is 23.3 Å². The number of hydrazine groups is 1. The molecule has 192 valence electrons. The standard InChI is InChI=1S/C25H38N6O3S/c1-5-30(24(2,3)4)35(33,34)19-10-8-18(9-11-19)28-22-21-20(12-17-27-23(21)32)31(29-22)25(15-16-26)13-6-7-14-25/h8-11,20-22,28-29H,5-7,12-15,17H2,1-4H3,(H,27,32). The number of carbonyl (C=O) groups is 1. The topological polar surface area (TPSA) is 118 Å². The minimum absolute atomic E-state index is 0.00168. The molecule has 3 fully saturated rings. The average molecular weight is 503 g/mol. The van der Waals surface area contributed by atoms with Gasteiger partial charge in [-0.05, 0) is 64.3 Å². The van der Waals surface area contributed by atoms with Crippen molar-refractivity contribution in [1.82, 2.24) is 20.1 Å². The number of piperidine rings is 1. The van der Waals surface area contributed by atoms with Crippen LogP contribution in [0.25, 0.3) is 0 Å². The lowest BCUT2D eigenvalue weighted by atomic mass is 9.86. The average Bonchev–Trinajstić information content (AvgIpc) is 3.40. The van der Waals surface area contributed by atoms with Crippen molar-refractivity contribution in [3.05, 3.63) is 24.3 Å². The molecule has 3 N–H and O–H groups in total. The largest absolute Gasteiger partial charge is 0.368 e. The highest BCUT2D eigenvalue weighted by Crippen LogP contribution is 2.43. The maximum Gasteiger partial charge on any atom is 0.243 e. The molecule has 0 bridgehead atoms. The number of anilines is 1. The van der Waals surface area contributed by atoms with Gasteiger partial charge in [-0.15, -0.1) is 0 Å². The van der Waals surface area contributed by atoms with Crippen LogP contribution in [0.4, 0.5) is 5.69 Å². The number of rotatable bonds is 7. The summed E-state index contributed by atoms with van der Waals surface area (Å²) in [5, 5.41) is 18.2. The van der Waals surface area contributed by atoms with Gasteiger partial charge in [-0.25, -0.2) is 18.9 Å². The number of nitrogens with one attached hydrogen (secondary N) is 3. The summed E-state index contributed by atoms with van der Waals surface area (Å²) in [5.41, 5.74) is 3.52. The second kappa shape index (κ2) is 9.69. The van der Waals surface area contributed by atoms with Crippen LogP contribution in [-0.4, -0.2) is 60.0 Å². The fourth-order valence-electron chi connectivity index (χ4n) is 6.13. The van der Waals surface area contributed by atoms with Crippen LogP contribution in [0, 0.1) is 17.2 Å². The molecular weight excluding hydrogens is 464 g/mol. The highest BCUT2D eigenvalue weighted by atomic mass is 32.2. The zero-order chi connectivity index (χ0) is 25.4. The van der Waals surface area contributed by atoms with Crippen LogP contribution in [-0.2, 0) is 14.8 Å². The summed E-state index contributed by atoms with van der Waals surface area (Å²) in [7, 11) is -3.63. The molecule has 2 saturated heterocycles. The van der Waals surface area contributed by atoms with E-state index in [2.05, 4.69) is 27.1 Å². The monoisotopic (exact) mass is 502 g/mol. The van der Waals surface area contributed by atoms with Gasteiger partial charge in [0.1, 0.15) is 6.17 Å². The van der Waals surface area contributed by atoms with Crippen molar-refractivity contribution < 1.29 is 13.2 Å². The van der Waals surface area contributed by atoms with E-state index in [9.17, 15) is 18.5 Å². The summed E-state index contributed by atoms with van der Waals surface area (Å²) in [5.74, 6) is -0.304. The van der Waals surface area contributed by atoms with Crippen molar-refractivity contribution in [3.8, 4) is 6.07 Å². The number of sulfonamides is 1. The van der Waals surface area contributed by atoms with E-state index in [1.807, 2.05) is 27.7 Å². The number of hydrogen-bond acceptors (Lipinski definition) is 7. The van der Waals surface area contributed by atoms with Crippen LogP contribution in [0.5, 0.6) is 0 Å². The van der Waals surface area contributed by atoms with Crippen LogP contribution in [0.15, 0.2) is 29.2 Å². The molecule has 2 heterocycles. The van der Waals surface area contributed by atoms with E-state index in [0.717, 1.165) is 37.8 Å². The minimum Gasteiger partial charge on any atom is -0.368 e. The summed E-state index contributed by atoms with van der Waals surface area (Å²) in [6.45, 7) is 8.51. The Labute approximate surface area is 209 Å². The Balaban J connectivity index is 1.57. The van der Waals surface area contributed by atoms with E-state index in [4.69, 9.17) is 0 Å². The lowest BCUT2D eigenvalue weighted by Crippen LogP contribution is -2.57. The van der Waals surface area contributed by atoms with Gasteiger partial charge in [0.2, 0.25) is 15.9 Å². The Hall–Kier alpha value is -2.19. The summed E-state index contributed by atoms with van der Waals surface area (Å²) >= 11 is 0. The predicted molar refractivity (Wildman–Crippen MR) is 134 cm³/mol. The molecule has 35 heavy (non-hydrogen) atoms. The first-order valence-corrected chi connectivity index (χ1v) is 14.1. The van der Waals surface area contributed by atoms with Crippen LogP contribution < -0.4 is 16.1 Å². The molecule has 0 spiro atoms. The zero-order valence-electron chi connectivity index (χ0n) is 21.2. The number of fused-ring (bicyclic) bond motifs is 1. The first-order valence-electron chi connectivity index (χ1n) is 12.6. The third-order valence-corrected chi connectivity index (χ3v) is 9.93. The highest BCUT2D eigenvalue weighted by molar-refractivity contribution is 7.89. The molecule has 1 aromatic rings. The van der Waals surface area contributed by atoms with Gasteiger partial charge >= 0.3 is 0 Å². The van der Waals surface area contributed by atoms with Crippen molar-refractivity contribution in [2.24, 2.45) is 5.92 Å². The molecule has 1 aliphatic carbocycles. The molecule has 1 aromatic carbocycles. The maximum absolute atomic E-state index is 13.2. The summed E-state index contributed by atoms with van der Waals surface area (Å²) in [6.07, 6.45) is 4.97. The fourth-order valence-corrected chi connectivity index (χ4v) is 7.93. The van der Waals surface area contributed by atoms with Crippen molar-refractivity contribution in [2.45, 2.75) is 94.4 Å². The van der Waals surface area contributed by atoms with Crippen LogP contribution in [0.3, 0.4) is 0 Å². The molecule has 1 saturated carbocycles. The van der Waals surface area contributed by atoms with Gasteiger partial charge in [0.25, 0.3) is 0 Å². The SMILES string of the molecule is CCN(C(C)(C)C)S(=O)(=O)c1ccc(NC2NN(C3(CC#N)CCCC3)C3CCNC(=O)C23)cc1. The highest BCUT2D eigenvalue weighted by Gasteiger charge is 2.54. The number of nitriles is 1. The molecule has 1 amide bonds. The second-order valence-corrected chi connectivity index (χ2v) is 12.8. The molecule has 3 aliphatic rings. The molecule has 2 aliphatic heterocycles. The quantitative estimate of drug-likeness (QED) is 0.525. The van der Waals surface area contributed by atoms with Crippen molar-refractivity contribution in [1.29, 1.82) is 5.26 Å². The molecule has 3 unspecified atom stereocenters. The van der Waals surface area contributed by atoms with Gasteiger partial charge in [-0.2, -0.15) is 9.57 Å². The second-order valence-electron chi connectivity index (χ2n) is 10.9. The zero-order valence-corrected chi connectivity index (χ0v) is 22.0. The molecule has 3 atom stereocenters. The van der Waals surface area contributed by atoms with Gasteiger partial charge in [-0.3, -0.25) is 4.79 Å². The lowest BCUT2D eigenvalue weighted by molar-refractivity contribution is -0.128. The molecular formula is C25H38N6O3S. The van der Waals surface area contributed by atoms with Crippen LogP contribution in [0.1, 0.15) is 66.2 Å². The van der Waals surface area contributed by atoms with Crippen molar-refractivity contribution >= 4 is 21.6 Å². The Bertz CT molecular complexity index is 1070. The Kier molecular flexibility index (Phi) is 7.17. The Morgan fingerprint density at radius 3 is 2.46 bits per heavy atom. The Morgan fingerprint density at radius 1 is 1.23 bits per heavy atom. The van der Waals surface area contributed by atoms with E-state index in [1.54, 1.807) is 24.3 Å². The van der Waals surface area contributed by atoms with E-state index < -0.39 is 15.6 Å². The smallest absolute Gasteiger partial charge is 0.243 e. The van der Waals surface area contributed by atoms with Crippen LogP contribution in [0.2, 0.25) is 0 Å². The number of benzene rings is 1. The van der Waals surface area contributed by atoms with E-state index in [0.29, 0.717) is 19.5 Å². The van der Waals surface area contributed by atoms with Crippen molar-refractivity contribution in [3.63, 3.8) is 0 Å². The predicted octanol–water partition coefficient (Wildman–Crippen LogP) is 2.79. The number of amides is 1. The van der Waals surface area contributed by atoms with E-state index in [-0.39, 0.29) is 34.5 Å². The molecule has 0 aromatic heterocycles. The fraction of sp³-hybridized carbons (Fsp3) is 0.680. The number of carbonyl (C=O) groups excluding carboxylic acids is 1. The normalized spacial score (nSPS) is 26.9. The third kappa shape index (κ3) is 4.79. The molecule has 9 nitrogen and oxygen atoms in total. The number of nitrogens with zero attached hydrogens (tertiary/aromatic N) is 3. The lowest BCUT2D eigenvalue weighted by Gasteiger charge is -2.42. The van der Waals surface area contributed by atoms with Gasteiger partial charge in [0.15, 0.2) is 0 Å². The van der Waals surface area contributed by atoms with Crippen molar-refractivity contribution in [2.75, 3.05) is 18.4 Å². The minimum atomic E-state index is -3.63.